The third-order valence-electron chi connectivity index (χ3n) is 11.7. The van der Waals surface area contributed by atoms with Crippen LogP contribution in [0.1, 0.15) is 25.0 Å². The molecule has 0 bridgehead atoms. The molecule has 10 rings (SSSR count). The summed E-state index contributed by atoms with van der Waals surface area (Å²) in [7, 11) is 0. The lowest BCUT2D eigenvalue weighted by Crippen LogP contribution is -2.15. The first-order chi connectivity index (χ1) is 27.6. The van der Waals surface area contributed by atoms with Gasteiger partial charge in [-0.1, -0.05) is 202 Å². The minimum absolute atomic E-state index is 0.0577. The van der Waals surface area contributed by atoms with Crippen LogP contribution in [-0.4, -0.2) is 0 Å². The second-order valence-electron chi connectivity index (χ2n) is 15.3. The lowest BCUT2D eigenvalue weighted by Gasteiger charge is -2.32. The van der Waals surface area contributed by atoms with Gasteiger partial charge in [0, 0.05) is 21.9 Å². The van der Waals surface area contributed by atoms with Crippen molar-refractivity contribution in [1.29, 1.82) is 0 Å². The maximum Gasteiger partial charge on any atom is 0.0547 e. The molecule has 0 fully saturated rings. The molecule has 0 aromatic heterocycles. The van der Waals surface area contributed by atoms with E-state index in [-0.39, 0.29) is 5.41 Å². The van der Waals surface area contributed by atoms with Gasteiger partial charge in [-0.25, -0.2) is 0 Å². The van der Waals surface area contributed by atoms with Gasteiger partial charge in [-0.15, -0.1) is 0 Å². The Morgan fingerprint density at radius 1 is 0.321 bits per heavy atom. The summed E-state index contributed by atoms with van der Waals surface area (Å²) < 4.78 is 0. The van der Waals surface area contributed by atoms with Crippen LogP contribution in [-0.2, 0) is 5.41 Å². The molecule has 0 N–H and O–H groups in total. The Kier molecular flexibility index (Phi) is 8.23. The number of fused-ring (bicyclic) bond motifs is 4. The number of hydrogen-bond acceptors (Lipinski definition) is 1. The van der Waals surface area contributed by atoms with Crippen LogP contribution in [0.2, 0.25) is 0 Å². The van der Waals surface area contributed by atoms with E-state index in [1.54, 1.807) is 0 Å². The molecule has 0 heterocycles. The highest BCUT2D eigenvalue weighted by molar-refractivity contribution is 6.07. The first-order valence-electron chi connectivity index (χ1n) is 19.5. The van der Waals surface area contributed by atoms with Crippen LogP contribution in [0, 0.1) is 0 Å². The molecular formula is C55H41N. The predicted molar refractivity (Wildman–Crippen MR) is 238 cm³/mol. The second-order valence-corrected chi connectivity index (χ2v) is 15.3. The molecule has 56 heavy (non-hydrogen) atoms. The van der Waals surface area contributed by atoms with E-state index in [4.69, 9.17) is 0 Å². The van der Waals surface area contributed by atoms with Gasteiger partial charge < -0.3 is 4.90 Å². The zero-order chi connectivity index (χ0) is 37.6. The molecule has 0 aliphatic heterocycles. The molecular weight excluding hydrogens is 675 g/mol. The fraction of sp³-hybridized carbons (Fsp3) is 0.0545. The molecule has 0 spiro atoms. The van der Waals surface area contributed by atoms with E-state index in [1.807, 2.05) is 0 Å². The molecule has 0 saturated carbocycles. The second kappa shape index (κ2) is 13.7. The van der Waals surface area contributed by atoms with Crippen molar-refractivity contribution in [2.45, 2.75) is 19.3 Å². The Labute approximate surface area is 329 Å². The summed E-state index contributed by atoms with van der Waals surface area (Å²) in [6.07, 6.45) is 0. The Hall–Kier alpha value is -6.96. The van der Waals surface area contributed by atoms with Crippen LogP contribution in [0.5, 0.6) is 0 Å². The van der Waals surface area contributed by atoms with Gasteiger partial charge in [-0.3, -0.25) is 0 Å². The van der Waals surface area contributed by atoms with Crippen molar-refractivity contribution in [1.82, 2.24) is 0 Å². The van der Waals surface area contributed by atoms with E-state index in [2.05, 4.69) is 231 Å². The fourth-order valence-electron chi connectivity index (χ4n) is 9.03. The summed E-state index contributed by atoms with van der Waals surface area (Å²) >= 11 is 0. The zero-order valence-corrected chi connectivity index (χ0v) is 31.7. The third kappa shape index (κ3) is 5.55. The van der Waals surface area contributed by atoms with E-state index >= 15 is 0 Å². The highest BCUT2D eigenvalue weighted by atomic mass is 15.1. The molecule has 266 valence electrons. The Morgan fingerprint density at radius 3 is 1.62 bits per heavy atom. The van der Waals surface area contributed by atoms with Gasteiger partial charge in [0.1, 0.15) is 0 Å². The summed E-state index contributed by atoms with van der Waals surface area (Å²) in [5.74, 6) is 0. The number of hydrogen-bond donors (Lipinski definition) is 0. The Balaban J connectivity index is 1.29. The summed E-state index contributed by atoms with van der Waals surface area (Å²) in [6, 6.07) is 77.7. The molecule has 0 atom stereocenters. The fourth-order valence-corrected chi connectivity index (χ4v) is 9.03. The van der Waals surface area contributed by atoms with Gasteiger partial charge in [0.05, 0.1) is 17.1 Å². The normalized spacial score (nSPS) is 12.6. The van der Waals surface area contributed by atoms with Crippen molar-refractivity contribution in [2.75, 3.05) is 4.90 Å². The van der Waals surface area contributed by atoms with Gasteiger partial charge in [0.15, 0.2) is 0 Å². The third-order valence-corrected chi connectivity index (χ3v) is 11.7. The molecule has 9 aromatic rings. The molecule has 1 aliphatic carbocycles. The molecule has 1 nitrogen and oxygen atoms in total. The monoisotopic (exact) mass is 715 g/mol. The van der Waals surface area contributed by atoms with Gasteiger partial charge in [0.25, 0.3) is 0 Å². The van der Waals surface area contributed by atoms with Crippen molar-refractivity contribution < 1.29 is 0 Å². The number of para-hydroxylation sites is 1. The van der Waals surface area contributed by atoms with E-state index in [0.717, 1.165) is 17.1 Å². The zero-order valence-electron chi connectivity index (χ0n) is 31.7. The van der Waals surface area contributed by atoms with Crippen molar-refractivity contribution in [3.05, 3.63) is 223 Å². The minimum atomic E-state index is -0.0577. The van der Waals surface area contributed by atoms with E-state index in [9.17, 15) is 0 Å². The van der Waals surface area contributed by atoms with Gasteiger partial charge in [0.2, 0.25) is 0 Å². The van der Waals surface area contributed by atoms with Crippen LogP contribution < -0.4 is 4.90 Å². The van der Waals surface area contributed by atoms with E-state index < -0.39 is 0 Å². The van der Waals surface area contributed by atoms with Crippen LogP contribution in [0.25, 0.3) is 66.4 Å². The summed E-state index contributed by atoms with van der Waals surface area (Å²) in [4.78, 5) is 2.52. The predicted octanol–water partition coefficient (Wildman–Crippen LogP) is 15.3. The average molecular weight is 716 g/mol. The molecule has 0 unspecified atom stereocenters. The smallest absolute Gasteiger partial charge is 0.0547 e. The van der Waals surface area contributed by atoms with Crippen LogP contribution in [0.4, 0.5) is 17.1 Å². The highest BCUT2D eigenvalue weighted by Crippen LogP contribution is 2.53. The Morgan fingerprint density at radius 2 is 0.839 bits per heavy atom. The van der Waals surface area contributed by atoms with Crippen LogP contribution in [0.3, 0.4) is 0 Å². The maximum absolute atomic E-state index is 2.52. The van der Waals surface area contributed by atoms with Crippen LogP contribution in [0.15, 0.2) is 212 Å². The summed E-state index contributed by atoms with van der Waals surface area (Å²) in [6.45, 7) is 4.70. The maximum atomic E-state index is 2.52. The van der Waals surface area contributed by atoms with Gasteiger partial charge >= 0.3 is 0 Å². The van der Waals surface area contributed by atoms with Crippen molar-refractivity contribution in [3.63, 3.8) is 0 Å². The van der Waals surface area contributed by atoms with Gasteiger partial charge in [-0.05, 0) is 85.3 Å². The highest BCUT2D eigenvalue weighted by Gasteiger charge is 2.35. The molecule has 0 saturated heterocycles. The first kappa shape index (κ1) is 33.6. The summed E-state index contributed by atoms with van der Waals surface area (Å²) in [5, 5.41) is 2.40. The van der Waals surface area contributed by atoms with Crippen LogP contribution >= 0.6 is 0 Å². The number of nitrogens with zero attached hydrogens (tertiary/aromatic N) is 1. The molecule has 0 amide bonds. The largest absolute Gasteiger partial charge is 0.309 e. The summed E-state index contributed by atoms with van der Waals surface area (Å²) in [5.41, 5.74) is 18.2. The lowest BCUT2D eigenvalue weighted by atomic mass is 9.82. The first-order valence-corrected chi connectivity index (χ1v) is 19.5. The molecule has 1 heteroatoms. The minimum Gasteiger partial charge on any atom is -0.309 e. The number of rotatable bonds is 7. The van der Waals surface area contributed by atoms with E-state index in [0.29, 0.717) is 0 Å². The molecule has 9 aromatic carbocycles. The molecule has 1 aliphatic rings. The van der Waals surface area contributed by atoms with Gasteiger partial charge in [-0.2, -0.15) is 0 Å². The Bertz CT molecular complexity index is 2880. The SMILES string of the molecule is CC1(C)c2ccccc2-c2cc(-c3ccccc3N(c3cccc(-c4ccccc4)c3-c3ccccc3-c3ccccc3)c3cccc4ccccc34)ccc21. The average Bonchev–Trinajstić information content (AvgIpc) is 3.50. The van der Waals surface area contributed by atoms with Crippen molar-refractivity contribution in [3.8, 4) is 55.6 Å². The van der Waals surface area contributed by atoms with Crippen molar-refractivity contribution in [2.24, 2.45) is 0 Å². The topological polar surface area (TPSA) is 3.24 Å². The van der Waals surface area contributed by atoms with Crippen molar-refractivity contribution >= 4 is 27.8 Å². The van der Waals surface area contributed by atoms with E-state index in [1.165, 1.54) is 77.5 Å². The lowest BCUT2D eigenvalue weighted by molar-refractivity contribution is 0.660. The number of anilines is 3. The quantitative estimate of drug-likeness (QED) is 0.159. The standard InChI is InChI=1S/C55H41N/c1-55(2)49-31-15-13-28-46(49)48-37-41(35-36-50(48)55)44-27-14-16-32-51(44)56(52-33-17-24-39-23-9-10-26-43(39)52)53-34-18-30-45(40-21-7-4-8-22-40)54(53)47-29-12-11-25-42(47)38-19-5-3-6-20-38/h3-37H,1-2H3. The number of benzene rings is 9. The molecule has 0 radical (unpaired) electrons.